The fourth-order valence-electron chi connectivity index (χ4n) is 0.311. The quantitative estimate of drug-likeness (QED) is 0.384. The van der Waals surface area contributed by atoms with Crippen LogP contribution in [0.5, 0.6) is 0 Å². The van der Waals surface area contributed by atoms with Gasteiger partial charge in [-0.25, -0.2) is 0 Å². The Kier molecular flexibility index (Phi) is 3.96. The fraction of sp³-hybridized carbons (Fsp3) is 0.200. The van der Waals surface area contributed by atoms with E-state index in [1.807, 2.05) is 0 Å². The van der Waals surface area contributed by atoms with Gasteiger partial charge in [-0.1, -0.05) is 0 Å². The van der Waals surface area contributed by atoms with Crippen LogP contribution in [0.2, 0.25) is 0 Å². The number of nitrogens with two attached hydrogens (primary N) is 2. The van der Waals surface area contributed by atoms with E-state index < -0.39 is 0 Å². The molecule has 4 heteroatoms. The molecule has 4 N–H and O–H groups in total. The number of ether oxygens (including phenoxy) is 1. The van der Waals surface area contributed by atoms with Crippen molar-refractivity contribution in [3.05, 3.63) is 22.6 Å². The summed E-state index contributed by atoms with van der Waals surface area (Å²) < 4.78 is 5.25. The first-order valence-corrected chi connectivity index (χ1v) is 3.08. The van der Waals surface area contributed by atoms with Crippen LogP contribution in [-0.2, 0) is 4.74 Å². The van der Waals surface area contributed by atoms with Crippen LogP contribution >= 0.6 is 15.9 Å². The first-order valence-electron chi connectivity index (χ1n) is 2.29. The third-order valence-corrected chi connectivity index (χ3v) is 0.909. The van der Waals surface area contributed by atoms with Crippen molar-refractivity contribution in [2.45, 2.75) is 0 Å². The first-order chi connectivity index (χ1) is 4.20. The topological polar surface area (TPSA) is 61.3 Å². The summed E-state index contributed by atoms with van der Waals surface area (Å²) in [7, 11) is 1.52. The van der Waals surface area contributed by atoms with Gasteiger partial charge in [0.05, 0.1) is 11.7 Å². The Labute approximate surface area is 62.5 Å². The summed E-state index contributed by atoms with van der Waals surface area (Å²) in [6, 6.07) is 0. The minimum atomic E-state index is 0.487. The van der Waals surface area contributed by atoms with Crippen LogP contribution in [-0.4, -0.2) is 7.11 Å². The van der Waals surface area contributed by atoms with E-state index in [2.05, 4.69) is 15.9 Å². The van der Waals surface area contributed by atoms with Crippen LogP contribution in [0.25, 0.3) is 0 Å². The predicted octanol–water partition coefficient (Wildman–Crippen LogP) is 0.628. The molecule has 0 heterocycles. The molecule has 52 valence electrons. The maximum atomic E-state index is 5.25. The lowest BCUT2D eigenvalue weighted by Crippen LogP contribution is -1.92. The summed E-state index contributed by atoms with van der Waals surface area (Å²) >= 11 is 3.02. The second-order valence-electron chi connectivity index (χ2n) is 1.30. The Hall–Kier alpha value is -0.640. The van der Waals surface area contributed by atoms with E-state index in [1.165, 1.54) is 13.3 Å². The molecule has 0 amide bonds. The van der Waals surface area contributed by atoms with Gasteiger partial charge < -0.3 is 16.2 Å². The lowest BCUT2D eigenvalue weighted by Gasteiger charge is -1.96. The standard InChI is InChI=1S/C5H9BrN2O/c1-9-4(3-7)2-5(6)8/h2-3H,7-8H2,1H3/b4-3+,5-2-. The van der Waals surface area contributed by atoms with E-state index in [0.29, 0.717) is 10.4 Å². The van der Waals surface area contributed by atoms with Gasteiger partial charge in [0, 0.05) is 12.3 Å². The third-order valence-electron chi connectivity index (χ3n) is 0.680. The van der Waals surface area contributed by atoms with Gasteiger partial charge in [-0.3, -0.25) is 0 Å². The van der Waals surface area contributed by atoms with Gasteiger partial charge in [-0.2, -0.15) is 0 Å². The van der Waals surface area contributed by atoms with Crippen molar-refractivity contribution >= 4 is 15.9 Å². The Morgan fingerprint density at radius 1 is 1.67 bits per heavy atom. The summed E-state index contributed by atoms with van der Waals surface area (Å²) in [5.74, 6) is 0.532. The molecule has 0 aliphatic rings. The number of halogens is 1. The van der Waals surface area contributed by atoms with Crippen LogP contribution in [0.1, 0.15) is 0 Å². The second-order valence-corrected chi connectivity index (χ2v) is 2.22. The lowest BCUT2D eigenvalue weighted by atomic mass is 10.5. The largest absolute Gasteiger partial charge is 0.495 e. The van der Waals surface area contributed by atoms with Gasteiger partial charge in [0.15, 0.2) is 0 Å². The van der Waals surface area contributed by atoms with E-state index in [0.717, 1.165) is 0 Å². The molecule has 0 radical (unpaired) electrons. The Bertz CT molecular complexity index is 138. The monoisotopic (exact) mass is 192 g/mol. The number of allylic oxidation sites excluding steroid dienone is 1. The Morgan fingerprint density at radius 2 is 2.22 bits per heavy atom. The average Bonchev–Trinajstić information content (AvgIpc) is 1.82. The summed E-state index contributed by atoms with van der Waals surface area (Å²) in [5, 5.41) is 0. The lowest BCUT2D eigenvalue weighted by molar-refractivity contribution is 0.305. The summed E-state index contributed by atoms with van der Waals surface area (Å²) in [5.41, 5.74) is 10.4. The molecule has 0 rings (SSSR count). The maximum Gasteiger partial charge on any atom is 0.136 e. The molecule has 0 unspecified atom stereocenters. The molecule has 0 bridgehead atoms. The Morgan fingerprint density at radius 3 is 2.33 bits per heavy atom. The van der Waals surface area contributed by atoms with Crippen molar-refractivity contribution < 1.29 is 4.74 Å². The SMILES string of the molecule is COC(/C=C(\N)Br)=C/N. The summed E-state index contributed by atoms with van der Waals surface area (Å²) in [4.78, 5) is 0. The van der Waals surface area contributed by atoms with Gasteiger partial charge in [-0.05, 0) is 15.9 Å². The van der Waals surface area contributed by atoms with E-state index in [1.54, 1.807) is 6.08 Å². The van der Waals surface area contributed by atoms with Crippen LogP contribution in [0.3, 0.4) is 0 Å². The van der Waals surface area contributed by atoms with Crippen molar-refractivity contribution in [3.8, 4) is 0 Å². The molecule has 0 saturated carbocycles. The van der Waals surface area contributed by atoms with Crippen molar-refractivity contribution in [2.75, 3.05) is 7.11 Å². The molecule has 0 aromatic heterocycles. The van der Waals surface area contributed by atoms with E-state index >= 15 is 0 Å². The zero-order chi connectivity index (χ0) is 7.28. The molecule has 3 nitrogen and oxygen atoms in total. The maximum absolute atomic E-state index is 5.25. The van der Waals surface area contributed by atoms with Gasteiger partial charge in [0.2, 0.25) is 0 Å². The van der Waals surface area contributed by atoms with Gasteiger partial charge in [0.25, 0.3) is 0 Å². The zero-order valence-corrected chi connectivity index (χ0v) is 6.68. The van der Waals surface area contributed by atoms with Crippen LogP contribution < -0.4 is 11.5 Å². The predicted molar refractivity (Wildman–Crippen MR) is 40.5 cm³/mol. The number of methoxy groups -OCH3 is 1. The Balaban J connectivity index is 4.01. The van der Waals surface area contributed by atoms with Crippen molar-refractivity contribution in [2.24, 2.45) is 11.5 Å². The minimum absolute atomic E-state index is 0.487. The molecule has 9 heavy (non-hydrogen) atoms. The highest BCUT2D eigenvalue weighted by atomic mass is 79.9. The molecular formula is C5H9BrN2O. The van der Waals surface area contributed by atoms with Gasteiger partial charge in [0.1, 0.15) is 5.76 Å². The normalized spacial score (nSPS) is 13.6. The van der Waals surface area contributed by atoms with Crippen molar-refractivity contribution in [1.82, 2.24) is 0 Å². The van der Waals surface area contributed by atoms with E-state index in [-0.39, 0.29) is 0 Å². The zero-order valence-electron chi connectivity index (χ0n) is 5.10. The molecule has 0 fully saturated rings. The number of rotatable bonds is 2. The highest BCUT2D eigenvalue weighted by molar-refractivity contribution is 9.11. The average molecular weight is 193 g/mol. The highest BCUT2D eigenvalue weighted by Crippen LogP contribution is 2.01. The van der Waals surface area contributed by atoms with Gasteiger partial charge >= 0.3 is 0 Å². The molecule has 0 aromatic carbocycles. The van der Waals surface area contributed by atoms with Crippen LogP contribution in [0.4, 0.5) is 0 Å². The number of hydrogen-bond acceptors (Lipinski definition) is 3. The van der Waals surface area contributed by atoms with E-state index in [9.17, 15) is 0 Å². The molecule has 0 aliphatic heterocycles. The molecular weight excluding hydrogens is 184 g/mol. The van der Waals surface area contributed by atoms with E-state index in [4.69, 9.17) is 16.2 Å². The van der Waals surface area contributed by atoms with Gasteiger partial charge in [-0.15, -0.1) is 0 Å². The number of hydrogen-bond donors (Lipinski definition) is 2. The minimum Gasteiger partial charge on any atom is -0.495 e. The molecule has 0 aromatic rings. The highest BCUT2D eigenvalue weighted by Gasteiger charge is 1.87. The van der Waals surface area contributed by atoms with Crippen LogP contribution in [0, 0.1) is 0 Å². The van der Waals surface area contributed by atoms with Crippen molar-refractivity contribution in [1.29, 1.82) is 0 Å². The molecule has 0 atom stereocenters. The molecule has 0 aliphatic carbocycles. The van der Waals surface area contributed by atoms with Crippen molar-refractivity contribution in [3.63, 3.8) is 0 Å². The third kappa shape index (κ3) is 3.90. The second kappa shape index (κ2) is 4.26. The fourth-order valence-corrected chi connectivity index (χ4v) is 0.537. The molecule has 0 spiro atoms. The summed E-state index contributed by atoms with van der Waals surface area (Å²) in [6.45, 7) is 0. The first kappa shape index (κ1) is 8.36. The summed E-state index contributed by atoms with van der Waals surface area (Å²) in [6.07, 6.45) is 2.90. The molecule has 0 saturated heterocycles. The van der Waals surface area contributed by atoms with Crippen LogP contribution in [0.15, 0.2) is 22.6 Å². The smallest absolute Gasteiger partial charge is 0.136 e.